The van der Waals surface area contributed by atoms with Crippen LogP contribution < -0.4 is 0 Å². The van der Waals surface area contributed by atoms with E-state index >= 15 is 0 Å². The van der Waals surface area contributed by atoms with Crippen LogP contribution in [0.25, 0.3) is 0 Å². The highest BCUT2D eigenvalue weighted by atomic mass is 16.5. The number of carboxylic acids is 1. The number of hydrogen-bond donors (Lipinski definition) is 1. The van der Waals surface area contributed by atoms with Gasteiger partial charge in [0.1, 0.15) is 0 Å². The fourth-order valence-electron chi connectivity index (χ4n) is 6.04. The number of nitrogens with zero attached hydrogens (tertiary/aromatic N) is 2. The molecule has 1 saturated heterocycles. The lowest BCUT2D eigenvalue weighted by molar-refractivity contribution is -0.148. The first-order chi connectivity index (χ1) is 15.1. The van der Waals surface area contributed by atoms with Crippen molar-refractivity contribution in [1.82, 2.24) is 4.90 Å². The van der Waals surface area contributed by atoms with E-state index in [-0.39, 0.29) is 24.7 Å². The summed E-state index contributed by atoms with van der Waals surface area (Å²) in [6, 6.07) is 10.2. The summed E-state index contributed by atoms with van der Waals surface area (Å²) in [6.07, 6.45) is 12.2. The zero-order valence-corrected chi connectivity index (χ0v) is 18.5. The van der Waals surface area contributed by atoms with Gasteiger partial charge in [0.15, 0.2) is 0 Å². The predicted octanol–water partition coefficient (Wildman–Crippen LogP) is 5.30. The van der Waals surface area contributed by atoms with Crippen molar-refractivity contribution < 1.29 is 14.6 Å². The second-order valence-corrected chi connectivity index (χ2v) is 9.91. The topological polar surface area (TPSA) is 73.6 Å². The predicted molar refractivity (Wildman–Crippen MR) is 120 cm³/mol. The minimum absolute atomic E-state index is 0.0603. The molecule has 3 fully saturated rings. The van der Waals surface area contributed by atoms with Gasteiger partial charge in [0, 0.05) is 19.1 Å². The third kappa shape index (κ3) is 5.87. The highest BCUT2D eigenvalue weighted by Crippen LogP contribution is 2.39. The van der Waals surface area contributed by atoms with Crippen molar-refractivity contribution in [2.75, 3.05) is 13.1 Å². The third-order valence-electron chi connectivity index (χ3n) is 7.65. The largest absolute Gasteiger partial charge is 0.481 e. The lowest BCUT2D eigenvalue weighted by Crippen LogP contribution is -2.48. The number of aliphatic carboxylic acids is 1. The Hall–Kier alpha value is -1.90. The van der Waals surface area contributed by atoms with Gasteiger partial charge in [0.25, 0.3) is 0 Å². The molecular formula is C26H36N2O3. The van der Waals surface area contributed by atoms with Gasteiger partial charge < -0.3 is 9.84 Å². The molecule has 2 saturated carbocycles. The third-order valence-corrected chi connectivity index (χ3v) is 7.65. The number of ether oxygens (including phenoxy) is 1. The van der Waals surface area contributed by atoms with Gasteiger partial charge in [-0.3, -0.25) is 9.69 Å². The molecule has 1 heterocycles. The molecule has 0 aromatic heterocycles. The van der Waals surface area contributed by atoms with Crippen molar-refractivity contribution in [3.8, 4) is 6.07 Å². The molecule has 5 heteroatoms. The molecule has 3 aliphatic rings. The minimum Gasteiger partial charge on any atom is -0.481 e. The number of carbonyl (C=O) groups is 1. The van der Waals surface area contributed by atoms with Crippen molar-refractivity contribution in [1.29, 1.82) is 5.26 Å². The number of rotatable bonds is 8. The summed E-state index contributed by atoms with van der Waals surface area (Å²) in [7, 11) is 0. The van der Waals surface area contributed by atoms with Crippen LogP contribution in [0.1, 0.15) is 87.9 Å². The van der Waals surface area contributed by atoms with Gasteiger partial charge in [-0.2, -0.15) is 5.26 Å². The molecule has 5 nitrogen and oxygen atoms in total. The van der Waals surface area contributed by atoms with Gasteiger partial charge in [0.05, 0.1) is 30.3 Å². The standard InChI is InChI=1S/C26H36N2O3/c27-16-19-9-11-22(12-10-19)26-24(14-13-23(31-26)15-25(29)30)28(17-20-5-1-2-6-20)18-21-7-3-4-8-21/h9-12,20-21,23-24,26H,1-8,13-15,17-18H2,(H,29,30)/t23-,24+,26-/m0/s1. The van der Waals surface area contributed by atoms with Crippen LogP contribution in [-0.2, 0) is 9.53 Å². The second kappa shape index (κ2) is 10.6. The molecule has 0 amide bonds. The summed E-state index contributed by atoms with van der Waals surface area (Å²) in [6.45, 7) is 2.28. The summed E-state index contributed by atoms with van der Waals surface area (Å²) in [4.78, 5) is 14.1. The Balaban J connectivity index is 1.57. The van der Waals surface area contributed by atoms with Crippen molar-refractivity contribution >= 4 is 5.97 Å². The van der Waals surface area contributed by atoms with Crippen LogP contribution in [0.5, 0.6) is 0 Å². The van der Waals surface area contributed by atoms with Crippen molar-refractivity contribution in [2.45, 2.75) is 88.9 Å². The normalized spacial score (nSPS) is 27.5. The van der Waals surface area contributed by atoms with E-state index < -0.39 is 5.97 Å². The van der Waals surface area contributed by atoms with Crippen LogP contribution in [0.3, 0.4) is 0 Å². The average Bonchev–Trinajstić information content (AvgIpc) is 3.47. The van der Waals surface area contributed by atoms with Gasteiger partial charge in [-0.25, -0.2) is 0 Å². The summed E-state index contributed by atoms with van der Waals surface area (Å²) in [5, 5.41) is 18.5. The smallest absolute Gasteiger partial charge is 0.305 e. The molecule has 2 aliphatic carbocycles. The molecule has 0 radical (unpaired) electrons. The van der Waals surface area contributed by atoms with E-state index in [1.54, 1.807) is 0 Å². The molecule has 31 heavy (non-hydrogen) atoms. The Morgan fingerprint density at radius 2 is 1.55 bits per heavy atom. The molecule has 4 rings (SSSR count). The summed E-state index contributed by atoms with van der Waals surface area (Å²) in [5.41, 5.74) is 1.72. The van der Waals surface area contributed by atoms with E-state index in [2.05, 4.69) is 11.0 Å². The Morgan fingerprint density at radius 1 is 0.968 bits per heavy atom. The first-order valence-corrected chi connectivity index (χ1v) is 12.2. The Labute approximate surface area is 186 Å². The van der Waals surface area contributed by atoms with E-state index in [0.717, 1.165) is 43.3 Å². The van der Waals surface area contributed by atoms with Gasteiger partial charge in [0.2, 0.25) is 0 Å². The number of hydrogen-bond acceptors (Lipinski definition) is 4. The van der Waals surface area contributed by atoms with Crippen molar-refractivity contribution in [3.05, 3.63) is 35.4 Å². The SMILES string of the molecule is N#Cc1ccc([C@@H]2O[C@H](CC(=O)O)CC[C@H]2N(CC2CCCC2)CC2CCCC2)cc1. The first kappa shape index (κ1) is 22.3. The zero-order valence-electron chi connectivity index (χ0n) is 18.5. The summed E-state index contributed by atoms with van der Waals surface area (Å²) < 4.78 is 6.47. The highest BCUT2D eigenvalue weighted by molar-refractivity contribution is 5.67. The van der Waals surface area contributed by atoms with Crippen LogP contribution >= 0.6 is 0 Å². The fourth-order valence-corrected chi connectivity index (χ4v) is 6.04. The van der Waals surface area contributed by atoms with Gasteiger partial charge in [-0.15, -0.1) is 0 Å². The van der Waals surface area contributed by atoms with E-state index in [4.69, 9.17) is 4.74 Å². The Bertz CT molecular complexity index is 742. The number of carboxylic acid groups (broad SMARTS) is 1. The van der Waals surface area contributed by atoms with Crippen molar-refractivity contribution in [3.63, 3.8) is 0 Å². The molecule has 1 N–H and O–H groups in total. The lowest BCUT2D eigenvalue weighted by atomic mass is 9.89. The average molecular weight is 425 g/mol. The molecule has 1 aliphatic heterocycles. The van der Waals surface area contributed by atoms with Gasteiger partial charge in [-0.05, 0) is 68.1 Å². The Morgan fingerprint density at radius 3 is 2.06 bits per heavy atom. The number of nitriles is 1. The van der Waals surface area contributed by atoms with E-state index in [0.29, 0.717) is 5.56 Å². The first-order valence-electron chi connectivity index (χ1n) is 12.2. The maximum absolute atomic E-state index is 11.3. The molecule has 3 atom stereocenters. The molecule has 1 aromatic carbocycles. The molecule has 0 unspecified atom stereocenters. The maximum Gasteiger partial charge on any atom is 0.305 e. The van der Waals surface area contributed by atoms with E-state index in [9.17, 15) is 15.2 Å². The fraction of sp³-hybridized carbons (Fsp3) is 0.692. The monoisotopic (exact) mass is 424 g/mol. The highest BCUT2D eigenvalue weighted by Gasteiger charge is 2.38. The summed E-state index contributed by atoms with van der Waals surface area (Å²) >= 11 is 0. The van der Waals surface area contributed by atoms with Crippen LogP contribution in [0.4, 0.5) is 0 Å². The molecular weight excluding hydrogens is 388 g/mol. The lowest BCUT2D eigenvalue weighted by Gasteiger charge is -2.44. The number of benzene rings is 1. The minimum atomic E-state index is -0.796. The Kier molecular flexibility index (Phi) is 7.63. The second-order valence-electron chi connectivity index (χ2n) is 9.91. The van der Waals surface area contributed by atoms with Gasteiger partial charge in [-0.1, -0.05) is 37.8 Å². The zero-order chi connectivity index (χ0) is 21.6. The van der Waals surface area contributed by atoms with Crippen LogP contribution in [0.15, 0.2) is 24.3 Å². The molecule has 168 valence electrons. The van der Waals surface area contributed by atoms with Crippen molar-refractivity contribution in [2.24, 2.45) is 11.8 Å². The summed E-state index contributed by atoms with van der Waals surface area (Å²) in [5.74, 6) is 0.760. The van der Waals surface area contributed by atoms with E-state index in [1.807, 2.05) is 24.3 Å². The quantitative estimate of drug-likeness (QED) is 0.613. The molecule has 1 aromatic rings. The molecule has 0 spiro atoms. The van der Waals surface area contributed by atoms with Crippen LogP contribution in [0, 0.1) is 23.2 Å². The van der Waals surface area contributed by atoms with Gasteiger partial charge >= 0.3 is 5.97 Å². The molecule has 0 bridgehead atoms. The van der Waals surface area contributed by atoms with Crippen LogP contribution in [-0.4, -0.2) is 41.2 Å². The van der Waals surface area contributed by atoms with Crippen LogP contribution in [0.2, 0.25) is 0 Å². The van der Waals surface area contributed by atoms with E-state index in [1.165, 1.54) is 51.4 Å². The maximum atomic E-state index is 11.3.